The van der Waals surface area contributed by atoms with Crippen LogP contribution in [0.25, 0.3) is 0 Å². The van der Waals surface area contributed by atoms with Gasteiger partial charge in [-0.3, -0.25) is 0 Å². The number of halogens is 6. The molecule has 2 aromatic rings. The summed E-state index contributed by atoms with van der Waals surface area (Å²) in [6.45, 7) is 0.884. The van der Waals surface area contributed by atoms with Gasteiger partial charge in [0, 0.05) is 6.07 Å². The van der Waals surface area contributed by atoms with Gasteiger partial charge in [-0.1, -0.05) is 35.3 Å². The molecule has 0 N–H and O–H groups in total. The standard InChI is InChI=1S/C11H11N2.F6P/c1-2-5-11(6-3-1)9-13-8-4-7-12-10-13;1-7(2,3,4,5)6/h1-8,10H,9H2;/q+1;-1. The first kappa shape index (κ1) is 16.4. The van der Waals surface area contributed by atoms with Crippen LogP contribution in [-0.4, -0.2) is 4.98 Å². The van der Waals surface area contributed by atoms with Crippen LogP contribution in [-0.2, 0) is 6.54 Å². The largest absolute Gasteiger partial charge is 0.286 e. The summed E-state index contributed by atoms with van der Waals surface area (Å²) in [6, 6.07) is 12.3. The normalized spacial score (nSPS) is 14.5. The molecule has 0 aliphatic carbocycles. The van der Waals surface area contributed by atoms with Crippen LogP contribution < -0.4 is 4.57 Å². The van der Waals surface area contributed by atoms with Gasteiger partial charge in [0.2, 0.25) is 0 Å². The summed E-state index contributed by atoms with van der Waals surface area (Å²) < 4.78 is 61.2. The van der Waals surface area contributed by atoms with E-state index in [4.69, 9.17) is 0 Å². The summed E-state index contributed by atoms with van der Waals surface area (Å²) in [7, 11) is -10.7. The van der Waals surface area contributed by atoms with Crippen molar-refractivity contribution >= 4 is 7.81 Å². The van der Waals surface area contributed by atoms with Crippen molar-refractivity contribution in [2.45, 2.75) is 6.54 Å². The SMILES string of the molecule is F[P-](F)(F)(F)(F)F.c1ccc(C[n+]2cccnc2)cc1. The van der Waals surface area contributed by atoms with Crippen LogP contribution in [0.5, 0.6) is 0 Å². The summed E-state index contributed by atoms with van der Waals surface area (Å²) in [5.74, 6) is 0. The Bertz CT molecular complexity index is 492. The second-order valence-corrected chi connectivity index (χ2v) is 5.79. The van der Waals surface area contributed by atoms with Crippen LogP contribution in [0.4, 0.5) is 25.2 Å². The molecule has 0 atom stereocenters. The quantitative estimate of drug-likeness (QED) is 0.442. The number of benzene rings is 1. The third-order valence-electron chi connectivity index (χ3n) is 1.87. The Kier molecular flexibility index (Phi) is 4.10. The van der Waals surface area contributed by atoms with E-state index >= 15 is 0 Å². The van der Waals surface area contributed by atoms with Gasteiger partial charge in [-0.25, -0.2) is 4.57 Å². The summed E-state index contributed by atoms with van der Waals surface area (Å²) in [6.07, 6.45) is 5.62. The van der Waals surface area contributed by atoms with Gasteiger partial charge >= 0.3 is 33.0 Å². The zero-order valence-corrected chi connectivity index (χ0v) is 10.9. The molecular weight excluding hydrogens is 305 g/mol. The molecule has 0 aliphatic rings. The number of nitrogens with zero attached hydrogens (tertiary/aromatic N) is 2. The maximum Gasteiger partial charge on any atom is 0.286 e. The molecule has 0 bridgehead atoms. The summed E-state index contributed by atoms with van der Waals surface area (Å²) in [5.41, 5.74) is 1.29. The molecule has 0 radical (unpaired) electrons. The Morgan fingerprint density at radius 3 is 1.90 bits per heavy atom. The third kappa shape index (κ3) is 11.4. The van der Waals surface area contributed by atoms with Gasteiger partial charge in [0.25, 0.3) is 6.33 Å². The summed E-state index contributed by atoms with van der Waals surface area (Å²) in [5, 5.41) is 0. The Hall–Kier alpha value is -1.69. The molecule has 2 nitrogen and oxygen atoms in total. The Morgan fingerprint density at radius 2 is 1.45 bits per heavy atom. The number of hydrogen-bond acceptors (Lipinski definition) is 1. The summed E-state index contributed by atoms with van der Waals surface area (Å²) >= 11 is 0. The minimum absolute atomic E-state index is 0.884. The van der Waals surface area contributed by atoms with Crippen LogP contribution in [0.3, 0.4) is 0 Å². The van der Waals surface area contributed by atoms with Crippen LogP contribution in [0.2, 0.25) is 0 Å². The Balaban J connectivity index is 0.000000246. The van der Waals surface area contributed by atoms with E-state index in [9.17, 15) is 25.2 Å². The molecule has 0 amide bonds. The van der Waals surface area contributed by atoms with Gasteiger partial charge in [-0.2, -0.15) is 0 Å². The minimum atomic E-state index is -10.7. The molecule has 1 aromatic heterocycles. The van der Waals surface area contributed by atoms with Crippen molar-refractivity contribution < 1.29 is 29.7 Å². The second kappa shape index (κ2) is 5.01. The van der Waals surface area contributed by atoms with Gasteiger partial charge in [-0.05, 0) is 5.56 Å². The zero-order chi connectivity index (χ0) is 15.3. The maximum atomic E-state index is 9.87. The molecule has 1 aromatic carbocycles. The fraction of sp³-hybridized carbons (Fsp3) is 0.0909. The number of rotatable bonds is 2. The first-order chi connectivity index (χ1) is 8.90. The van der Waals surface area contributed by atoms with Crippen LogP contribution in [0, 0.1) is 0 Å². The average molecular weight is 316 g/mol. The van der Waals surface area contributed by atoms with E-state index in [1.165, 1.54) is 5.56 Å². The molecule has 112 valence electrons. The molecule has 0 saturated heterocycles. The van der Waals surface area contributed by atoms with Crippen molar-refractivity contribution in [3.63, 3.8) is 0 Å². The Labute approximate surface area is 110 Å². The van der Waals surface area contributed by atoms with E-state index in [1.807, 2.05) is 36.8 Å². The molecule has 9 heteroatoms. The second-order valence-electron chi connectivity index (χ2n) is 3.87. The van der Waals surface area contributed by atoms with Gasteiger partial charge < -0.3 is 0 Å². The van der Waals surface area contributed by atoms with Crippen LogP contribution in [0.15, 0.2) is 55.1 Å². The molecule has 0 spiro atoms. The van der Waals surface area contributed by atoms with E-state index in [1.54, 1.807) is 6.20 Å². The van der Waals surface area contributed by atoms with Crippen molar-refractivity contribution in [1.29, 1.82) is 0 Å². The maximum absolute atomic E-state index is 10.7. The monoisotopic (exact) mass is 316 g/mol. The average Bonchev–Trinajstić information content (AvgIpc) is 2.27. The third-order valence-corrected chi connectivity index (χ3v) is 1.87. The fourth-order valence-electron chi connectivity index (χ4n) is 1.25. The Morgan fingerprint density at radius 1 is 0.900 bits per heavy atom. The van der Waals surface area contributed by atoms with E-state index in [0.717, 1.165) is 6.54 Å². The van der Waals surface area contributed by atoms with Crippen molar-refractivity contribution in [2.24, 2.45) is 0 Å². The summed E-state index contributed by atoms with van der Waals surface area (Å²) in [4.78, 5) is 4.04. The molecule has 0 aliphatic heterocycles. The van der Waals surface area contributed by atoms with Gasteiger partial charge in [0.15, 0.2) is 0 Å². The van der Waals surface area contributed by atoms with E-state index < -0.39 is 7.81 Å². The van der Waals surface area contributed by atoms with E-state index in [0.29, 0.717) is 0 Å². The predicted molar refractivity (Wildman–Crippen MR) is 63.5 cm³/mol. The fourth-order valence-corrected chi connectivity index (χ4v) is 1.25. The smallest absolute Gasteiger partial charge is 0.233 e. The minimum Gasteiger partial charge on any atom is -0.233 e. The van der Waals surface area contributed by atoms with Crippen molar-refractivity contribution in [1.82, 2.24) is 4.98 Å². The predicted octanol–water partition coefficient (Wildman–Crippen LogP) is 4.80. The molecule has 0 unspecified atom stereocenters. The van der Waals surface area contributed by atoms with Gasteiger partial charge in [0.1, 0.15) is 12.7 Å². The molecule has 0 saturated carbocycles. The van der Waals surface area contributed by atoms with Crippen LogP contribution >= 0.6 is 7.81 Å². The number of hydrogen-bond donors (Lipinski definition) is 0. The zero-order valence-electron chi connectivity index (χ0n) is 10.0. The van der Waals surface area contributed by atoms with Gasteiger partial charge in [0.05, 0.1) is 6.20 Å². The molecule has 0 fully saturated rings. The van der Waals surface area contributed by atoms with E-state index in [2.05, 4.69) is 21.7 Å². The number of aromatic nitrogens is 2. The topological polar surface area (TPSA) is 16.8 Å². The van der Waals surface area contributed by atoms with Crippen LogP contribution in [0.1, 0.15) is 5.56 Å². The molecule has 20 heavy (non-hydrogen) atoms. The van der Waals surface area contributed by atoms with Crippen molar-refractivity contribution in [2.75, 3.05) is 0 Å². The van der Waals surface area contributed by atoms with E-state index in [-0.39, 0.29) is 0 Å². The first-order valence-corrected chi connectivity index (χ1v) is 7.32. The molecular formula is C11H11F6N2P. The van der Waals surface area contributed by atoms with Crippen molar-refractivity contribution in [3.8, 4) is 0 Å². The molecule has 1 heterocycles. The molecule has 2 rings (SSSR count). The first-order valence-electron chi connectivity index (χ1n) is 5.29. The van der Waals surface area contributed by atoms with Crippen molar-refractivity contribution in [3.05, 3.63) is 60.7 Å². The van der Waals surface area contributed by atoms with Gasteiger partial charge in [-0.15, -0.1) is 0 Å².